The van der Waals surface area contributed by atoms with Crippen LogP contribution in [0.3, 0.4) is 0 Å². The Balaban J connectivity index is 1.27. The molecule has 3 aromatic rings. The Kier molecular flexibility index (Phi) is 6.90. The fourth-order valence-corrected chi connectivity index (χ4v) is 5.13. The molecule has 0 bridgehead atoms. The van der Waals surface area contributed by atoms with E-state index in [-0.39, 0.29) is 6.03 Å². The maximum atomic E-state index is 13.1. The van der Waals surface area contributed by atoms with Gasteiger partial charge in [0.2, 0.25) is 0 Å². The number of amidine groups is 1. The molecule has 2 amide bonds. The van der Waals surface area contributed by atoms with Crippen LogP contribution in [0.15, 0.2) is 88.8 Å². The first-order valence-electron chi connectivity index (χ1n) is 13.2. The lowest BCUT2D eigenvalue weighted by Gasteiger charge is -2.19. The second kappa shape index (κ2) is 10.8. The topological polar surface area (TPSA) is 93.6 Å². The van der Waals surface area contributed by atoms with Crippen molar-refractivity contribution in [3.63, 3.8) is 0 Å². The summed E-state index contributed by atoms with van der Waals surface area (Å²) in [4.78, 5) is 25.5. The number of ether oxygens (including phenoxy) is 1. The molecule has 0 saturated carbocycles. The minimum Gasteiger partial charge on any atom is -0.353 e. The Morgan fingerprint density at radius 3 is 2.74 bits per heavy atom. The smallest absolute Gasteiger partial charge is 0.321 e. The van der Waals surface area contributed by atoms with Crippen molar-refractivity contribution in [2.75, 3.05) is 30.3 Å². The number of para-hydroxylation sites is 1. The molecule has 3 aromatic carbocycles. The zero-order valence-corrected chi connectivity index (χ0v) is 21.4. The number of rotatable bonds is 7. The fourth-order valence-electron chi connectivity index (χ4n) is 5.13. The zero-order valence-electron chi connectivity index (χ0n) is 21.4. The van der Waals surface area contributed by atoms with Gasteiger partial charge in [-0.1, -0.05) is 60.7 Å². The molecule has 3 aliphatic rings. The van der Waals surface area contributed by atoms with Crippen molar-refractivity contribution in [2.45, 2.75) is 38.3 Å². The van der Waals surface area contributed by atoms with Gasteiger partial charge in [0, 0.05) is 42.1 Å². The fraction of sp³-hybridized carbons (Fsp3) is 0.300. The van der Waals surface area contributed by atoms with Gasteiger partial charge >= 0.3 is 6.03 Å². The summed E-state index contributed by atoms with van der Waals surface area (Å²) in [6.07, 6.45) is 2.08. The molecule has 2 saturated heterocycles. The number of epoxide rings is 1. The van der Waals surface area contributed by atoms with Crippen LogP contribution in [-0.2, 0) is 4.74 Å². The lowest BCUT2D eigenvalue weighted by molar-refractivity contribution is 0.160. The SMILES string of the molecule is Cc1cccc(NC(=O)NC2N=C(c3ccccc3)c3ccccc3NC2=NCCCN2CCC3OC32)c1. The van der Waals surface area contributed by atoms with Gasteiger partial charge in [-0.05, 0) is 43.5 Å². The molecular weight excluding hydrogens is 476 g/mol. The van der Waals surface area contributed by atoms with Crippen LogP contribution in [0.25, 0.3) is 0 Å². The summed E-state index contributed by atoms with van der Waals surface area (Å²) < 4.78 is 5.64. The monoisotopic (exact) mass is 508 g/mol. The van der Waals surface area contributed by atoms with Gasteiger partial charge in [0.25, 0.3) is 0 Å². The van der Waals surface area contributed by atoms with Crippen molar-refractivity contribution in [2.24, 2.45) is 9.98 Å². The molecule has 8 nitrogen and oxygen atoms in total. The van der Waals surface area contributed by atoms with Crippen LogP contribution >= 0.6 is 0 Å². The number of hydrogen-bond acceptors (Lipinski definition) is 5. The molecule has 2 fully saturated rings. The first-order chi connectivity index (χ1) is 18.6. The molecule has 194 valence electrons. The molecule has 0 radical (unpaired) electrons. The normalized spacial score (nSPS) is 23.0. The van der Waals surface area contributed by atoms with Gasteiger partial charge in [-0.2, -0.15) is 0 Å². The van der Waals surface area contributed by atoms with E-state index in [0.29, 0.717) is 24.7 Å². The highest BCUT2D eigenvalue weighted by molar-refractivity contribution is 6.20. The molecule has 3 N–H and O–H groups in total. The molecule has 3 aliphatic heterocycles. The van der Waals surface area contributed by atoms with E-state index in [1.165, 1.54) is 0 Å². The van der Waals surface area contributed by atoms with E-state index < -0.39 is 6.17 Å². The largest absolute Gasteiger partial charge is 0.353 e. The van der Waals surface area contributed by atoms with Crippen LogP contribution < -0.4 is 16.0 Å². The minimum atomic E-state index is -0.689. The van der Waals surface area contributed by atoms with Crippen LogP contribution in [-0.4, -0.2) is 60.6 Å². The number of aliphatic imine (C=N–C) groups is 2. The second-order valence-electron chi connectivity index (χ2n) is 9.90. The number of carbonyl (C=O) groups is 1. The van der Waals surface area contributed by atoms with Crippen LogP contribution in [0.1, 0.15) is 29.5 Å². The number of carbonyl (C=O) groups excluding carboxylic acids is 1. The maximum absolute atomic E-state index is 13.1. The Bertz CT molecular complexity index is 1370. The first-order valence-corrected chi connectivity index (χ1v) is 13.2. The van der Waals surface area contributed by atoms with Crippen molar-refractivity contribution in [3.8, 4) is 0 Å². The summed E-state index contributed by atoms with van der Waals surface area (Å²) in [5, 5.41) is 9.47. The molecule has 3 heterocycles. The quantitative estimate of drug-likeness (QED) is 0.321. The molecule has 38 heavy (non-hydrogen) atoms. The predicted molar refractivity (Wildman–Crippen MR) is 151 cm³/mol. The number of urea groups is 1. The molecule has 0 spiro atoms. The van der Waals surface area contributed by atoms with E-state index in [9.17, 15) is 4.79 Å². The maximum Gasteiger partial charge on any atom is 0.321 e. The van der Waals surface area contributed by atoms with Crippen molar-refractivity contribution < 1.29 is 9.53 Å². The van der Waals surface area contributed by atoms with Crippen molar-refractivity contribution in [1.29, 1.82) is 0 Å². The van der Waals surface area contributed by atoms with Gasteiger partial charge in [0.15, 0.2) is 6.17 Å². The lowest BCUT2D eigenvalue weighted by atomic mass is 10.0. The summed E-state index contributed by atoms with van der Waals surface area (Å²) in [6, 6.07) is 25.5. The third kappa shape index (κ3) is 5.46. The number of likely N-dealkylation sites (tertiary alicyclic amines) is 1. The highest BCUT2D eigenvalue weighted by Crippen LogP contribution is 2.35. The number of nitrogens with one attached hydrogen (secondary N) is 3. The lowest BCUT2D eigenvalue weighted by Crippen LogP contribution is -2.44. The van der Waals surface area contributed by atoms with E-state index in [4.69, 9.17) is 14.7 Å². The van der Waals surface area contributed by atoms with Gasteiger partial charge in [-0.3, -0.25) is 14.9 Å². The van der Waals surface area contributed by atoms with Crippen LogP contribution in [0.5, 0.6) is 0 Å². The molecule has 3 atom stereocenters. The highest BCUT2D eigenvalue weighted by atomic mass is 16.6. The highest BCUT2D eigenvalue weighted by Gasteiger charge is 2.48. The van der Waals surface area contributed by atoms with E-state index in [1.807, 2.05) is 85.8 Å². The Morgan fingerprint density at radius 1 is 1.11 bits per heavy atom. The van der Waals surface area contributed by atoms with Gasteiger partial charge < -0.3 is 20.7 Å². The van der Waals surface area contributed by atoms with Crippen LogP contribution in [0, 0.1) is 6.92 Å². The van der Waals surface area contributed by atoms with Gasteiger partial charge in [-0.15, -0.1) is 0 Å². The van der Waals surface area contributed by atoms with Crippen molar-refractivity contribution in [3.05, 3.63) is 95.6 Å². The third-order valence-electron chi connectivity index (χ3n) is 7.06. The van der Waals surface area contributed by atoms with Crippen molar-refractivity contribution >= 4 is 29.0 Å². The van der Waals surface area contributed by atoms with E-state index in [0.717, 1.165) is 59.7 Å². The van der Waals surface area contributed by atoms with E-state index in [1.54, 1.807) is 0 Å². The first kappa shape index (κ1) is 24.3. The van der Waals surface area contributed by atoms with Gasteiger partial charge in [-0.25, -0.2) is 4.79 Å². The Hall–Kier alpha value is -4.01. The number of anilines is 2. The summed E-state index contributed by atoms with van der Waals surface area (Å²) in [6.45, 7) is 4.64. The van der Waals surface area contributed by atoms with Gasteiger partial charge in [0.05, 0.1) is 5.71 Å². The number of hydrogen-bond donors (Lipinski definition) is 3. The van der Waals surface area contributed by atoms with E-state index >= 15 is 0 Å². The average molecular weight is 509 g/mol. The number of amides is 2. The zero-order chi connectivity index (χ0) is 25.9. The number of nitrogens with zero attached hydrogens (tertiary/aromatic N) is 3. The van der Waals surface area contributed by atoms with Crippen LogP contribution in [0.4, 0.5) is 16.2 Å². The molecule has 0 aliphatic carbocycles. The average Bonchev–Trinajstić information content (AvgIpc) is 3.63. The van der Waals surface area contributed by atoms with E-state index in [2.05, 4.69) is 20.9 Å². The number of aryl methyl sites for hydroxylation is 1. The predicted octanol–water partition coefficient (Wildman–Crippen LogP) is 4.62. The number of benzene rings is 3. The minimum absolute atomic E-state index is 0.309. The second-order valence-corrected chi connectivity index (χ2v) is 9.90. The standard InChI is InChI=1S/C30H32N6O2/c1-20-9-7-12-22(19-20)32-30(37)35-28-27(31-16-8-17-36-18-15-25-29(36)38-25)33-24-14-6-5-13-23(24)26(34-28)21-10-3-2-4-11-21/h2-7,9-14,19,25,28-29H,8,15-18H2,1H3,(H,31,33)(H2,32,35,37). The molecule has 6 rings (SSSR count). The molecule has 0 aromatic heterocycles. The summed E-state index contributed by atoms with van der Waals surface area (Å²) >= 11 is 0. The Labute approximate surface area is 222 Å². The Morgan fingerprint density at radius 2 is 1.95 bits per heavy atom. The number of fused-ring (bicyclic) bond motifs is 2. The van der Waals surface area contributed by atoms with Crippen LogP contribution in [0.2, 0.25) is 0 Å². The summed E-state index contributed by atoms with van der Waals surface area (Å²) in [5.74, 6) is 0.616. The molecular formula is C30H32N6O2. The molecule has 8 heteroatoms. The number of benzodiazepines with no additional fused rings is 1. The van der Waals surface area contributed by atoms with Gasteiger partial charge in [0.1, 0.15) is 18.2 Å². The van der Waals surface area contributed by atoms with Crippen molar-refractivity contribution in [1.82, 2.24) is 10.2 Å². The molecule has 3 unspecified atom stereocenters. The summed E-state index contributed by atoms with van der Waals surface area (Å²) in [5.41, 5.74) is 5.44. The third-order valence-corrected chi connectivity index (χ3v) is 7.06. The summed E-state index contributed by atoms with van der Waals surface area (Å²) in [7, 11) is 0.